The lowest BCUT2D eigenvalue weighted by Gasteiger charge is -2.33. The lowest BCUT2D eigenvalue weighted by Crippen LogP contribution is -2.42. The molecule has 134 valence electrons. The molecule has 1 aliphatic heterocycles. The van der Waals surface area contributed by atoms with E-state index in [4.69, 9.17) is 4.74 Å². The molecule has 1 unspecified atom stereocenters. The van der Waals surface area contributed by atoms with Gasteiger partial charge in [0.1, 0.15) is 24.6 Å². The number of aryl methyl sites for hydroxylation is 1. The van der Waals surface area contributed by atoms with Gasteiger partial charge in [-0.1, -0.05) is 6.07 Å². The predicted octanol–water partition coefficient (Wildman–Crippen LogP) is 1.12. The summed E-state index contributed by atoms with van der Waals surface area (Å²) in [6, 6.07) is 5.88. The Hall–Kier alpha value is -2.48. The quantitative estimate of drug-likeness (QED) is 0.782. The van der Waals surface area contributed by atoms with Crippen molar-refractivity contribution in [1.82, 2.24) is 24.6 Å². The second-order valence-corrected chi connectivity index (χ2v) is 6.28. The van der Waals surface area contributed by atoms with Crippen LogP contribution in [0.15, 0.2) is 30.9 Å². The first-order valence-corrected chi connectivity index (χ1v) is 8.49. The molecule has 8 heteroatoms. The fraction of sp³-hybridized carbons (Fsp3) is 0.529. The highest BCUT2D eigenvalue weighted by atomic mass is 16.5. The van der Waals surface area contributed by atoms with Crippen molar-refractivity contribution in [3.8, 4) is 0 Å². The monoisotopic (exact) mass is 344 g/mol. The molecule has 2 aromatic heterocycles. The fourth-order valence-electron chi connectivity index (χ4n) is 2.82. The topological polar surface area (TPSA) is 76.4 Å². The van der Waals surface area contributed by atoms with Crippen LogP contribution in [0.25, 0.3) is 0 Å². The Balaban J connectivity index is 1.55. The van der Waals surface area contributed by atoms with Gasteiger partial charge < -0.3 is 14.5 Å². The Morgan fingerprint density at radius 3 is 3.04 bits per heavy atom. The highest BCUT2D eigenvalue weighted by Gasteiger charge is 2.26. The van der Waals surface area contributed by atoms with E-state index >= 15 is 0 Å². The van der Waals surface area contributed by atoms with E-state index in [0.717, 1.165) is 17.9 Å². The molecule has 25 heavy (non-hydrogen) atoms. The van der Waals surface area contributed by atoms with Crippen molar-refractivity contribution >= 4 is 11.7 Å². The van der Waals surface area contributed by atoms with Gasteiger partial charge in [0.05, 0.1) is 18.8 Å². The van der Waals surface area contributed by atoms with Crippen molar-refractivity contribution in [1.29, 1.82) is 0 Å². The molecule has 2 aromatic rings. The Bertz CT molecular complexity index is 688. The van der Waals surface area contributed by atoms with Gasteiger partial charge in [-0.05, 0) is 18.6 Å². The van der Waals surface area contributed by atoms with Crippen LogP contribution in [0, 0.1) is 0 Å². The van der Waals surface area contributed by atoms with E-state index < -0.39 is 0 Å². The first kappa shape index (κ1) is 17.3. The second-order valence-electron chi connectivity index (χ2n) is 6.28. The molecule has 0 aliphatic carbocycles. The zero-order valence-electron chi connectivity index (χ0n) is 14.7. The van der Waals surface area contributed by atoms with E-state index in [1.807, 2.05) is 42.1 Å². The molecule has 3 rings (SSSR count). The Morgan fingerprint density at radius 1 is 1.40 bits per heavy atom. The molecular formula is C17H24N6O2. The summed E-state index contributed by atoms with van der Waals surface area (Å²) in [5.74, 6) is 1.04. The molecule has 8 nitrogen and oxygen atoms in total. The van der Waals surface area contributed by atoms with Gasteiger partial charge in [-0.3, -0.25) is 9.48 Å². The number of nitrogens with zero attached hydrogens (tertiary/aromatic N) is 6. The molecule has 0 N–H and O–H groups in total. The summed E-state index contributed by atoms with van der Waals surface area (Å²) < 4.78 is 7.59. The van der Waals surface area contributed by atoms with E-state index in [-0.39, 0.29) is 12.0 Å². The van der Waals surface area contributed by atoms with Crippen LogP contribution < -0.4 is 4.90 Å². The number of aromatic nitrogens is 4. The van der Waals surface area contributed by atoms with Crippen LogP contribution in [0.1, 0.15) is 24.6 Å². The van der Waals surface area contributed by atoms with Gasteiger partial charge in [-0.15, -0.1) is 0 Å². The number of hydrogen-bond donors (Lipinski definition) is 0. The molecular weight excluding hydrogens is 320 g/mol. The molecule has 0 bridgehead atoms. The lowest BCUT2D eigenvalue weighted by atomic mass is 10.1. The minimum Gasteiger partial charge on any atom is -0.368 e. The number of amides is 1. The number of carbonyl (C=O) groups excluding carboxylic acids is 1. The first-order valence-electron chi connectivity index (χ1n) is 8.49. The summed E-state index contributed by atoms with van der Waals surface area (Å²) in [4.78, 5) is 24.8. The summed E-state index contributed by atoms with van der Waals surface area (Å²) >= 11 is 0. The molecule has 1 amide bonds. The molecule has 3 heterocycles. The first-order chi connectivity index (χ1) is 12.1. The van der Waals surface area contributed by atoms with Crippen LogP contribution >= 0.6 is 0 Å². The maximum atomic E-state index is 12.5. The van der Waals surface area contributed by atoms with Gasteiger partial charge >= 0.3 is 0 Å². The number of carbonyl (C=O) groups is 1. The van der Waals surface area contributed by atoms with Crippen LogP contribution in [0.4, 0.5) is 5.82 Å². The van der Waals surface area contributed by atoms with Crippen LogP contribution in [-0.2, 0) is 16.1 Å². The SMILES string of the molecule is CN(C)c1cccc(C2CN(C(=O)CCCn3cncn3)CCO2)n1. The van der Waals surface area contributed by atoms with Crippen LogP contribution in [0.3, 0.4) is 0 Å². The van der Waals surface area contributed by atoms with Gasteiger partial charge in [-0.2, -0.15) is 5.10 Å². The molecule has 1 atom stereocenters. The fourth-order valence-corrected chi connectivity index (χ4v) is 2.82. The van der Waals surface area contributed by atoms with Crippen molar-refractivity contribution in [2.75, 3.05) is 38.7 Å². The standard InChI is InChI=1S/C17H24N6O2/c1-21(2)16-6-3-5-14(20-16)15-11-22(9-10-25-15)17(24)7-4-8-23-13-18-12-19-23/h3,5-6,12-13,15H,4,7-11H2,1-2H3. The van der Waals surface area contributed by atoms with Crippen molar-refractivity contribution in [3.63, 3.8) is 0 Å². The minimum atomic E-state index is -0.173. The maximum absolute atomic E-state index is 12.5. The van der Waals surface area contributed by atoms with Crippen LogP contribution in [0.5, 0.6) is 0 Å². The summed E-state index contributed by atoms with van der Waals surface area (Å²) in [6.45, 7) is 2.41. The molecule has 1 fully saturated rings. The van der Waals surface area contributed by atoms with E-state index in [0.29, 0.717) is 32.7 Å². The van der Waals surface area contributed by atoms with E-state index in [9.17, 15) is 4.79 Å². The van der Waals surface area contributed by atoms with E-state index in [1.54, 1.807) is 11.0 Å². The third kappa shape index (κ3) is 4.54. The van der Waals surface area contributed by atoms with E-state index in [1.165, 1.54) is 6.33 Å². The minimum absolute atomic E-state index is 0.150. The van der Waals surface area contributed by atoms with Gasteiger partial charge in [0.25, 0.3) is 0 Å². The van der Waals surface area contributed by atoms with Gasteiger partial charge in [0.2, 0.25) is 5.91 Å². The third-order valence-corrected chi connectivity index (χ3v) is 4.21. The summed E-state index contributed by atoms with van der Waals surface area (Å²) in [5.41, 5.74) is 0.867. The summed E-state index contributed by atoms with van der Waals surface area (Å²) in [7, 11) is 3.91. The lowest BCUT2D eigenvalue weighted by molar-refractivity contribution is -0.139. The molecule has 1 saturated heterocycles. The highest BCUT2D eigenvalue weighted by Crippen LogP contribution is 2.23. The summed E-state index contributed by atoms with van der Waals surface area (Å²) in [5, 5.41) is 4.05. The molecule has 0 saturated carbocycles. The zero-order valence-corrected chi connectivity index (χ0v) is 14.7. The largest absolute Gasteiger partial charge is 0.368 e. The van der Waals surface area contributed by atoms with Crippen molar-refractivity contribution in [2.45, 2.75) is 25.5 Å². The Morgan fingerprint density at radius 2 is 2.28 bits per heavy atom. The Kier molecular flexibility index (Phi) is 5.60. The molecule has 0 spiro atoms. The predicted molar refractivity (Wildman–Crippen MR) is 93.1 cm³/mol. The van der Waals surface area contributed by atoms with Gasteiger partial charge in [0, 0.05) is 33.6 Å². The third-order valence-electron chi connectivity index (χ3n) is 4.21. The van der Waals surface area contributed by atoms with Crippen molar-refractivity contribution < 1.29 is 9.53 Å². The smallest absolute Gasteiger partial charge is 0.222 e. The van der Waals surface area contributed by atoms with Gasteiger partial charge in [0.15, 0.2) is 0 Å². The number of anilines is 1. The molecule has 0 aromatic carbocycles. The molecule has 0 radical (unpaired) electrons. The van der Waals surface area contributed by atoms with Crippen molar-refractivity contribution in [3.05, 3.63) is 36.5 Å². The highest BCUT2D eigenvalue weighted by molar-refractivity contribution is 5.76. The Labute approximate surface area is 147 Å². The summed E-state index contributed by atoms with van der Waals surface area (Å²) in [6.07, 6.45) is 4.24. The maximum Gasteiger partial charge on any atom is 0.222 e. The van der Waals surface area contributed by atoms with E-state index in [2.05, 4.69) is 15.1 Å². The average molecular weight is 344 g/mol. The second kappa shape index (κ2) is 8.06. The van der Waals surface area contributed by atoms with Crippen molar-refractivity contribution in [2.24, 2.45) is 0 Å². The zero-order chi connectivity index (χ0) is 17.6. The average Bonchev–Trinajstić information content (AvgIpc) is 3.15. The number of ether oxygens (including phenoxy) is 1. The van der Waals surface area contributed by atoms with Crippen LogP contribution in [-0.4, -0.2) is 64.3 Å². The number of hydrogen-bond acceptors (Lipinski definition) is 6. The number of rotatable bonds is 6. The number of pyridine rings is 1. The van der Waals surface area contributed by atoms with Crippen LogP contribution in [0.2, 0.25) is 0 Å². The molecule has 1 aliphatic rings. The normalized spacial score (nSPS) is 17.5. The van der Waals surface area contributed by atoms with Gasteiger partial charge in [-0.25, -0.2) is 9.97 Å². The number of morpholine rings is 1.